The molecule has 0 spiro atoms. The normalized spacial score (nSPS) is 24.0. The van der Waals surface area contributed by atoms with Gasteiger partial charge in [-0.25, -0.2) is 4.98 Å². The molecule has 6 rings (SSSR count). The van der Waals surface area contributed by atoms with E-state index in [2.05, 4.69) is 43.6 Å². The van der Waals surface area contributed by atoms with Gasteiger partial charge in [0.1, 0.15) is 0 Å². The Morgan fingerprint density at radius 1 is 1.20 bits per heavy atom. The van der Waals surface area contributed by atoms with Crippen molar-refractivity contribution in [3.8, 4) is 5.75 Å². The number of anilines is 1. The van der Waals surface area contributed by atoms with Gasteiger partial charge in [-0.3, -0.25) is 9.69 Å². The first-order valence-electron chi connectivity index (χ1n) is 12.3. The van der Waals surface area contributed by atoms with Gasteiger partial charge in [0.05, 0.1) is 19.5 Å². The molecule has 184 valence electrons. The summed E-state index contributed by atoms with van der Waals surface area (Å²) in [5.74, 6) is 1.56. The molecule has 5 heterocycles. The third-order valence-corrected chi connectivity index (χ3v) is 7.20. The highest BCUT2D eigenvalue weighted by Crippen LogP contribution is 2.38. The van der Waals surface area contributed by atoms with E-state index < -0.39 is 0 Å². The van der Waals surface area contributed by atoms with Gasteiger partial charge < -0.3 is 29.7 Å². The topological polar surface area (TPSA) is 88.2 Å². The number of hydrogen-bond acceptors (Lipinski definition) is 8. The Kier molecular flexibility index (Phi) is 5.95. The van der Waals surface area contributed by atoms with Crippen molar-refractivity contribution in [1.29, 1.82) is 0 Å². The monoisotopic (exact) mass is 477 g/mol. The van der Waals surface area contributed by atoms with Crippen molar-refractivity contribution in [2.45, 2.75) is 44.5 Å². The summed E-state index contributed by atoms with van der Waals surface area (Å²) in [6.07, 6.45) is 12.7. The number of rotatable bonds is 6. The van der Waals surface area contributed by atoms with Crippen LogP contribution >= 0.6 is 0 Å². The molecule has 5 aliphatic rings. The lowest BCUT2D eigenvalue weighted by Gasteiger charge is -2.42. The lowest BCUT2D eigenvalue weighted by atomic mass is 9.94. The van der Waals surface area contributed by atoms with E-state index in [1.807, 2.05) is 18.2 Å². The SMILES string of the molecule is COC1=CC2=CC3=C(CC=CC3)N(CN3CCC(NCc4ccc5c(n4)NC(=O)CO5)CC3)C2O1. The van der Waals surface area contributed by atoms with E-state index in [1.54, 1.807) is 7.11 Å². The molecule has 1 saturated heterocycles. The number of amides is 1. The fraction of sp³-hybridized carbons (Fsp3) is 0.462. The zero-order valence-electron chi connectivity index (χ0n) is 20.0. The number of nitrogens with zero attached hydrogens (tertiary/aromatic N) is 3. The Hall–Kier alpha value is -3.30. The summed E-state index contributed by atoms with van der Waals surface area (Å²) in [5.41, 5.74) is 4.81. The van der Waals surface area contributed by atoms with Gasteiger partial charge in [-0.05, 0) is 43.0 Å². The van der Waals surface area contributed by atoms with E-state index in [0.29, 0.717) is 30.1 Å². The molecular formula is C26H31N5O4. The second kappa shape index (κ2) is 9.39. The molecule has 0 aromatic carbocycles. The maximum Gasteiger partial charge on any atom is 0.281 e. The molecule has 1 fully saturated rings. The summed E-state index contributed by atoms with van der Waals surface area (Å²) in [5, 5.41) is 6.42. The molecule has 0 bridgehead atoms. The lowest BCUT2D eigenvalue weighted by Crippen LogP contribution is -2.50. The Morgan fingerprint density at radius 3 is 2.91 bits per heavy atom. The van der Waals surface area contributed by atoms with Crippen LogP contribution in [0.25, 0.3) is 0 Å². The minimum atomic E-state index is -0.164. The number of fused-ring (bicyclic) bond motifs is 2. The predicted molar refractivity (Wildman–Crippen MR) is 130 cm³/mol. The van der Waals surface area contributed by atoms with Gasteiger partial charge in [0.15, 0.2) is 18.2 Å². The van der Waals surface area contributed by atoms with Crippen LogP contribution in [0, 0.1) is 0 Å². The van der Waals surface area contributed by atoms with Crippen molar-refractivity contribution in [3.63, 3.8) is 0 Å². The van der Waals surface area contributed by atoms with Crippen LogP contribution in [-0.2, 0) is 20.8 Å². The highest BCUT2D eigenvalue weighted by atomic mass is 16.7. The zero-order chi connectivity index (χ0) is 23.8. The van der Waals surface area contributed by atoms with Gasteiger partial charge in [0.25, 0.3) is 11.9 Å². The van der Waals surface area contributed by atoms with E-state index in [9.17, 15) is 4.79 Å². The number of piperidine rings is 1. The molecule has 1 aliphatic carbocycles. The van der Waals surface area contributed by atoms with Crippen LogP contribution in [0.3, 0.4) is 0 Å². The van der Waals surface area contributed by atoms with Crippen LogP contribution in [0.4, 0.5) is 5.82 Å². The molecule has 35 heavy (non-hydrogen) atoms. The number of likely N-dealkylation sites (tertiary alicyclic amines) is 1. The fourth-order valence-corrected chi connectivity index (χ4v) is 5.33. The second-order valence-electron chi connectivity index (χ2n) is 9.50. The average molecular weight is 478 g/mol. The molecule has 1 aromatic rings. The number of carbonyl (C=O) groups is 1. The van der Waals surface area contributed by atoms with E-state index in [0.717, 1.165) is 51.1 Å². The highest BCUT2D eigenvalue weighted by molar-refractivity contribution is 5.94. The maximum absolute atomic E-state index is 11.6. The third kappa shape index (κ3) is 4.53. The van der Waals surface area contributed by atoms with Gasteiger partial charge in [0, 0.05) is 49.4 Å². The summed E-state index contributed by atoms with van der Waals surface area (Å²) >= 11 is 0. The molecule has 0 saturated carbocycles. The smallest absolute Gasteiger partial charge is 0.281 e. The number of nitrogens with one attached hydrogen (secondary N) is 2. The van der Waals surface area contributed by atoms with Crippen molar-refractivity contribution in [3.05, 3.63) is 64.9 Å². The Bertz CT molecular complexity index is 1130. The first kappa shape index (κ1) is 22.2. The fourth-order valence-electron chi connectivity index (χ4n) is 5.33. The Morgan fingerprint density at radius 2 is 2.06 bits per heavy atom. The molecule has 1 aromatic heterocycles. The van der Waals surface area contributed by atoms with Crippen LogP contribution < -0.4 is 15.4 Å². The molecule has 9 nitrogen and oxygen atoms in total. The predicted octanol–water partition coefficient (Wildman–Crippen LogP) is 2.61. The highest BCUT2D eigenvalue weighted by Gasteiger charge is 2.37. The summed E-state index contributed by atoms with van der Waals surface area (Å²) in [7, 11) is 1.66. The average Bonchev–Trinajstić information content (AvgIpc) is 3.31. The first-order chi connectivity index (χ1) is 17.2. The summed E-state index contributed by atoms with van der Waals surface area (Å²) < 4.78 is 16.9. The van der Waals surface area contributed by atoms with Crippen molar-refractivity contribution < 1.29 is 19.0 Å². The van der Waals surface area contributed by atoms with Gasteiger partial charge in [-0.15, -0.1) is 0 Å². The minimum absolute atomic E-state index is 0.0477. The lowest BCUT2D eigenvalue weighted by molar-refractivity contribution is -0.118. The van der Waals surface area contributed by atoms with Crippen LogP contribution in [-0.4, -0.2) is 66.4 Å². The number of carbonyl (C=O) groups excluding carboxylic acids is 1. The number of methoxy groups -OCH3 is 1. The quantitative estimate of drug-likeness (QED) is 0.605. The minimum Gasteiger partial charge on any atom is -0.480 e. The van der Waals surface area contributed by atoms with Crippen LogP contribution in [0.2, 0.25) is 0 Å². The molecule has 2 N–H and O–H groups in total. The molecule has 0 radical (unpaired) electrons. The van der Waals surface area contributed by atoms with Crippen molar-refractivity contribution in [2.75, 3.05) is 38.8 Å². The van der Waals surface area contributed by atoms with E-state index >= 15 is 0 Å². The van der Waals surface area contributed by atoms with E-state index in [-0.39, 0.29) is 18.7 Å². The Labute approximate surface area is 205 Å². The molecule has 9 heteroatoms. The van der Waals surface area contributed by atoms with Gasteiger partial charge >= 0.3 is 0 Å². The summed E-state index contributed by atoms with van der Waals surface area (Å²) in [4.78, 5) is 21.0. The van der Waals surface area contributed by atoms with E-state index in [1.165, 1.54) is 16.8 Å². The largest absolute Gasteiger partial charge is 0.480 e. The van der Waals surface area contributed by atoms with Gasteiger partial charge in [-0.1, -0.05) is 12.2 Å². The molecule has 1 unspecified atom stereocenters. The summed E-state index contributed by atoms with van der Waals surface area (Å²) in [6, 6.07) is 4.26. The van der Waals surface area contributed by atoms with Crippen LogP contribution in [0.15, 0.2) is 59.2 Å². The summed E-state index contributed by atoms with van der Waals surface area (Å²) in [6.45, 7) is 3.59. The molecule has 1 atom stereocenters. The van der Waals surface area contributed by atoms with Crippen LogP contribution in [0.1, 0.15) is 31.4 Å². The molecule has 1 amide bonds. The third-order valence-electron chi connectivity index (χ3n) is 7.20. The van der Waals surface area contributed by atoms with Crippen LogP contribution in [0.5, 0.6) is 5.75 Å². The van der Waals surface area contributed by atoms with Crippen molar-refractivity contribution in [2.24, 2.45) is 0 Å². The first-order valence-corrected chi connectivity index (χ1v) is 12.3. The standard InChI is InChI=1S/C26H31N5O4/c1-33-24-13-18-12-17-4-2-3-5-21(17)31(26(18)35-24)16-30-10-8-19(9-11-30)27-14-20-6-7-22-25(28-20)29-23(32)15-34-22/h2-3,6-7,12-13,19,26-27H,4-5,8-11,14-16H2,1H3,(H,28,29,32). The maximum atomic E-state index is 11.6. The van der Waals surface area contributed by atoms with Crippen molar-refractivity contribution in [1.82, 2.24) is 20.1 Å². The number of allylic oxidation sites excluding steroid dienone is 4. The molecule has 4 aliphatic heterocycles. The molecular weight excluding hydrogens is 446 g/mol. The van der Waals surface area contributed by atoms with Gasteiger partial charge in [0.2, 0.25) is 6.23 Å². The number of pyridine rings is 1. The number of hydrogen-bond donors (Lipinski definition) is 2. The number of aromatic nitrogens is 1. The Balaban J connectivity index is 1.04. The number of ether oxygens (including phenoxy) is 3. The van der Waals surface area contributed by atoms with E-state index in [4.69, 9.17) is 14.2 Å². The van der Waals surface area contributed by atoms with Gasteiger partial charge in [-0.2, -0.15) is 0 Å². The zero-order valence-corrected chi connectivity index (χ0v) is 20.0. The second-order valence-corrected chi connectivity index (χ2v) is 9.50. The van der Waals surface area contributed by atoms with Crippen molar-refractivity contribution >= 4 is 11.7 Å².